The van der Waals surface area contributed by atoms with Crippen molar-refractivity contribution in [3.8, 4) is 0 Å². The third-order valence-electron chi connectivity index (χ3n) is 1.97. The summed E-state index contributed by atoms with van der Waals surface area (Å²) >= 11 is 14.8. The van der Waals surface area contributed by atoms with E-state index < -0.39 is 10.0 Å². The first-order valence-electron chi connectivity index (χ1n) is 4.65. The Balaban J connectivity index is 3.20. The predicted octanol–water partition coefficient (Wildman–Crippen LogP) is 2.38. The van der Waals surface area contributed by atoms with Gasteiger partial charge in [0.25, 0.3) is 0 Å². The monoisotopic (exact) mass is 360 g/mol. The lowest BCUT2D eigenvalue weighted by molar-refractivity contribution is 0.562. The molecule has 0 unspecified atom stereocenters. The molecule has 0 aliphatic heterocycles. The summed E-state index contributed by atoms with van der Waals surface area (Å²) < 4.78 is 26.8. The Morgan fingerprint density at radius 3 is 2.53 bits per heavy atom. The number of halogens is 3. The highest BCUT2D eigenvalue weighted by molar-refractivity contribution is 9.10. The van der Waals surface area contributed by atoms with Crippen molar-refractivity contribution in [1.82, 2.24) is 4.72 Å². The van der Waals surface area contributed by atoms with Crippen LogP contribution in [0.1, 0.15) is 6.92 Å². The van der Waals surface area contributed by atoms with Gasteiger partial charge < -0.3 is 5.73 Å². The number of hydrogen-bond donors (Lipinski definition) is 2. The molecule has 1 aromatic rings. The fraction of sp³-hybridized carbons (Fsp3) is 0.333. The van der Waals surface area contributed by atoms with E-state index >= 15 is 0 Å². The van der Waals surface area contributed by atoms with E-state index in [1.807, 2.05) is 0 Å². The normalized spacial score (nSPS) is 13.7. The van der Waals surface area contributed by atoms with E-state index in [0.717, 1.165) is 0 Å². The largest absolute Gasteiger partial charge is 0.329 e. The van der Waals surface area contributed by atoms with Gasteiger partial charge in [0.05, 0.1) is 10.0 Å². The maximum atomic E-state index is 12.0. The van der Waals surface area contributed by atoms with Gasteiger partial charge in [-0.25, -0.2) is 13.1 Å². The Morgan fingerprint density at radius 1 is 1.41 bits per heavy atom. The molecule has 8 heteroatoms. The zero-order valence-corrected chi connectivity index (χ0v) is 12.8. The van der Waals surface area contributed by atoms with Crippen LogP contribution in [0.4, 0.5) is 0 Å². The van der Waals surface area contributed by atoms with Crippen LogP contribution < -0.4 is 10.5 Å². The molecule has 1 aromatic carbocycles. The second kappa shape index (κ2) is 5.86. The van der Waals surface area contributed by atoms with Gasteiger partial charge in [-0.15, -0.1) is 0 Å². The Bertz CT molecular complexity index is 522. The zero-order valence-electron chi connectivity index (χ0n) is 8.88. The van der Waals surface area contributed by atoms with Crippen LogP contribution in [0.2, 0.25) is 10.0 Å². The van der Waals surface area contributed by atoms with Crippen molar-refractivity contribution in [2.45, 2.75) is 17.9 Å². The van der Waals surface area contributed by atoms with Crippen LogP contribution in [0.15, 0.2) is 21.5 Å². The van der Waals surface area contributed by atoms with Gasteiger partial charge in [-0.2, -0.15) is 0 Å². The minimum absolute atomic E-state index is 0.0317. The molecule has 96 valence electrons. The maximum Gasteiger partial charge on any atom is 0.242 e. The molecule has 1 rings (SSSR count). The summed E-state index contributed by atoms with van der Waals surface area (Å²) in [5.74, 6) is 0. The summed E-state index contributed by atoms with van der Waals surface area (Å²) in [4.78, 5) is -0.0317. The number of hydrogen-bond acceptors (Lipinski definition) is 3. The van der Waals surface area contributed by atoms with E-state index in [-0.39, 0.29) is 22.5 Å². The standard InChI is InChI=1S/C9H11BrCl2N2O2S/c1-5(4-13)14-17(15,16)9-2-6(10)7(11)3-8(9)12/h2-3,5,14H,4,13H2,1H3/t5-/m0/s1. The molecule has 3 N–H and O–H groups in total. The average molecular weight is 362 g/mol. The van der Waals surface area contributed by atoms with Gasteiger partial charge in [-0.1, -0.05) is 23.2 Å². The Labute approximate surface area is 119 Å². The van der Waals surface area contributed by atoms with E-state index in [0.29, 0.717) is 9.50 Å². The van der Waals surface area contributed by atoms with Crippen LogP contribution in [-0.4, -0.2) is 21.0 Å². The highest BCUT2D eigenvalue weighted by atomic mass is 79.9. The summed E-state index contributed by atoms with van der Waals surface area (Å²) in [6.07, 6.45) is 0. The maximum absolute atomic E-state index is 12.0. The minimum atomic E-state index is -3.69. The van der Waals surface area contributed by atoms with Crippen molar-refractivity contribution < 1.29 is 8.42 Å². The van der Waals surface area contributed by atoms with Crippen molar-refractivity contribution in [1.29, 1.82) is 0 Å². The van der Waals surface area contributed by atoms with Gasteiger partial charge in [0.15, 0.2) is 0 Å². The van der Waals surface area contributed by atoms with Gasteiger partial charge >= 0.3 is 0 Å². The summed E-state index contributed by atoms with van der Waals surface area (Å²) in [6.45, 7) is 1.86. The average Bonchev–Trinajstić information content (AvgIpc) is 2.22. The molecule has 0 spiro atoms. The zero-order chi connectivity index (χ0) is 13.2. The molecule has 1 atom stereocenters. The van der Waals surface area contributed by atoms with Crippen LogP contribution in [0.3, 0.4) is 0 Å². The van der Waals surface area contributed by atoms with Gasteiger partial charge in [0.1, 0.15) is 4.90 Å². The Morgan fingerprint density at radius 2 is 2.00 bits per heavy atom. The van der Waals surface area contributed by atoms with Crippen molar-refractivity contribution in [3.63, 3.8) is 0 Å². The summed E-state index contributed by atoms with van der Waals surface area (Å²) in [7, 11) is -3.69. The quantitative estimate of drug-likeness (QED) is 0.808. The van der Waals surface area contributed by atoms with Gasteiger partial charge in [0.2, 0.25) is 10.0 Å². The third kappa shape index (κ3) is 3.81. The first-order chi connectivity index (χ1) is 7.77. The van der Waals surface area contributed by atoms with E-state index in [1.54, 1.807) is 6.92 Å². The molecule has 0 radical (unpaired) electrons. The SMILES string of the molecule is C[C@@H](CN)NS(=O)(=O)c1cc(Br)c(Cl)cc1Cl. The van der Waals surface area contributed by atoms with Crippen molar-refractivity contribution in [3.05, 3.63) is 26.7 Å². The molecular formula is C9H11BrCl2N2O2S. The van der Waals surface area contributed by atoms with Crippen molar-refractivity contribution >= 4 is 49.2 Å². The molecule has 0 heterocycles. The minimum Gasteiger partial charge on any atom is -0.329 e. The molecule has 0 fully saturated rings. The molecule has 17 heavy (non-hydrogen) atoms. The Hall–Kier alpha value is 0.150. The smallest absolute Gasteiger partial charge is 0.242 e. The number of benzene rings is 1. The topological polar surface area (TPSA) is 72.2 Å². The molecule has 4 nitrogen and oxygen atoms in total. The number of nitrogens with one attached hydrogen (secondary N) is 1. The highest BCUT2D eigenvalue weighted by Crippen LogP contribution is 2.31. The summed E-state index contributed by atoms with van der Waals surface area (Å²) in [6, 6.07) is 2.36. The first kappa shape index (κ1) is 15.2. The Kier molecular flexibility index (Phi) is 5.24. The number of nitrogens with two attached hydrogens (primary N) is 1. The van der Waals surface area contributed by atoms with Crippen LogP contribution in [0.25, 0.3) is 0 Å². The molecular weight excluding hydrogens is 351 g/mol. The summed E-state index contributed by atoms with van der Waals surface area (Å²) in [5.41, 5.74) is 5.36. The van der Waals surface area contributed by atoms with E-state index in [9.17, 15) is 8.42 Å². The van der Waals surface area contributed by atoms with Gasteiger partial charge in [0, 0.05) is 17.1 Å². The van der Waals surface area contributed by atoms with Crippen LogP contribution in [-0.2, 0) is 10.0 Å². The molecule has 0 aliphatic carbocycles. The molecule has 0 aromatic heterocycles. The molecule has 0 amide bonds. The lowest BCUT2D eigenvalue weighted by atomic mass is 10.4. The van der Waals surface area contributed by atoms with Crippen LogP contribution in [0, 0.1) is 0 Å². The van der Waals surface area contributed by atoms with Crippen LogP contribution in [0.5, 0.6) is 0 Å². The van der Waals surface area contributed by atoms with Gasteiger partial charge in [-0.05, 0) is 35.0 Å². The van der Waals surface area contributed by atoms with E-state index in [1.165, 1.54) is 12.1 Å². The fourth-order valence-electron chi connectivity index (χ4n) is 1.09. The third-order valence-corrected chi connectivity index (χ3v) is 5.23. The summed E-state index contributed by atoms with van der Waals surface area (Å²) in [5, 5.41) is 0.413. The van der Waals surface area contributed by atoms with Gasteiger partial charge in [-0.3, -0.25) is 0 Å². The van der Waals surface area contributed by atoms with E-state index in [4.69, 9.17) is 28.9 Å². The number of rotatable bonds is 4. The molecule has 0 aliphatic rings. The van der Waals surface area contributed by atoms with E-state index in [2.05, 4.69) is 20.7 Å². The molecule has 0 saturated carbocycles. The second-order valence-electron chi connectivity index (χ2n) is 3.45. The lowest BCUT2D eigenvalue weighted by Crippen LogP contribution is -2.37. The second-order valence-corrected chi connectivity index (χ2v) is 6.81. The highest BCUT2D eigenvalue weighted by Gasteiger charge is 2.21. The fourth-order valence-corrected chi connectivity index (χ4v) is 3.61. The number of sulfonamides is 1. The van der Waals surface area contributed by atoms with Crippen molar-refractivity contribution in [2.24, 2.45) is 5.73 Å². The molecule has 0 saturated heterocycles. The van der Waals surface area contributed by atoms with Crippen LogP contribution >= 0.6 is 39.1 Å². The lowest BCUT2D eigenvalue weighted by Gasteiger charge is -2.13. The predicted molar refractivity (Wildman–Crippen MR) is 73.0 cm³/mol. The van der Waals surface area contributed by atoms with Crippen molar-refractivity contribution in [2.75, 3.05) is 6.54 Å². The molecule has 0 bridgehead atoms. The first-order valence-corrected chi connectivity index (χ1v) is 7.68.